The molecule has 0 aliphatic heterocycles. The van der Waals surface area contributed by atoms with Gasteiger partial charge in [-0.2, -0.15) is 0 Å². The summed E-state index contributed by atoms with van der Waals surface area (Å²) in [6.07, 6.45) is 4.25. The second-order valence-electron chi connectivity index (χ2n) is 6.41. The fourth-order valence-corrected chi connectivity index (χ4v) is 4.79. The smallest absolute Gasteiger partial charge is 0.345 e. The van der Waals surface area contributed by atoms with Crippen LogP contribution in [0.1, 0.15) is 39.5 Å². The van der Waals surface area contributed by atoms with Gasteiger partial charge in [0.25, 0.3) is 5.69 Å². The number of carbonyl (C=O) groups is 1. The Morgan fingerprint density at radius 2 is 2.11 bits per heavy atom. The molecular weight excluding hydrogens is 404 g/mol. The van der Waals surface area contributed by atoms with Gasteiger partial charge in [0, 0.05) is 16.0 Å². The lowest BCUT2D eigenvalue weighted by Crippen LogP contribution is -2.10. The number of nitrogen functional groups attached to an aromatic ring is 1. The Bertz CT molecular complexity index is 1110. The Hall–Kier alpha value is -2.78. The molecule has 0 radical (unpaired) electrons. The standard InChI is InChI=1S/C18H15ClN4O4S/c19-9-5-6-12(23(25)26)11(7-9)18(24)27-8-14-21-16(20)15-10-3-1-2-4-13(10)28-17(15)22-14/h5-7H,1-4,8H2,(H2,20,21,22). The summed E-state index contributed by atoms with van der Waals surface area (Å²) >= 11 is 7.44. The SMILES string of the molecule is Nc1nc(COC(=O)c2cc(Cl)ccc2[N+](=O)[O-])nc2sc3c(c12)CCCC3. The van der Waals surface area contributed by atoms with E-state index in [9.17, 15) is 14.9 Å². The summed E-state index contributed by atoms with van der Waals surface area (Å²) in [6, 6.07) is 3.70. The lowest BCUT2D eigenvalue weighted by Gasteiger charge is -2.10. The minimum Gasteiger partial charge on any atom is -0.454 e. The molecule has 1 aromatic carbocycles. The number of hydrogen-bond donors (Lipinski definition) is 1. The summed E-state index contributed by atoms with van der Waals surface area (Å²) in [4.78, 5) is 33.6. The van der Waals surface area contributed by atoms with E-state index < -0.39 is 10.9 Å². The first kappa shape index (κ1) is 18.6. The van der Waals surface area contributed by atoms with Crippen molar-refractivity contribution in [1.29, 1.82) is 0 Å². The Morgan fingerprint density at radius 1 is 1.32 bits per heavy atom. The Labute approximate surface area is 168 Å². The highest BCUT2D eigenvalue weighted by atomic mass is 35.5. The van der Waals surface area contributed by atoms with E-state index in [1.807, 2.05) is 0 Å². The Kier molecular flexibility index (Phi) is 4.86. The molecular formula is C18H15ClN4O4S. The number of ether oxygens (including phenoxy) is 1. The van der Waals surface area contributed by atoms with Gasteiger partial charge in [-0.3, -0.25) is 10.1 Å². The van der Waals surface area contributed by atoms with Gasteiger partial charge in [-0.1, -0.05) is 11.6 Å². The van der Waals surface area contributed by atoms with E-state index in [1.54, 1.807) is 11.3 Å². The molecule has 0 saturated carbocycles. The molecule has 10 heteroatoms. The van der Waals surface area contributed by atoms with E-state index in [4.69, 9.17) is 22.1 Å². The molecule has 0 bridgehead atoms. The van der Waals surface area contributed by atoms with Crippen LogP contribution < -0.4 is 5.73 Å². The first-order valence-corrected chi connectivity index (χ1v) is 9.81. The number of nitro groups is 1. The van der Waals surface area contributed by atoms with Crippen LogP contribution in [-0.2, 0) is 24.2 Å². The molecule has 0 atom stereocenters. The van der Waals surface area contributed by atoms with Crippen LogP contribution in [0.4, 0.5) is 11.5 Å². The molecule has 144 valence electrons. The summed E-state index contributed by atoms with van der Waals surface area (Å²) in [5.41, 5.74) is 6.76. The van der Waals surface area contributed by atoms with E-state index in [0.29, 0.717) is 5.82 Å². The second kappa shape index (κ2) is 7.33. The first-order chi connectivity index (χ1) is 13.4. The number of thiophene rings is 1. The quantitative estimate of drug-likeness (QED) is 0.385. The van der Waals surface area contributed by atoms with Crippen LogP contribution in [0.2, 0.25) is 5.02 Å². The van der Waals surface area contributed by atoms with Crippen molar-refractivity contribution in [3.63, 3.8) is 0 Å². The molecule has 3 aromatic rings. The van der Waals surface area contributed by atoms with Crippen LogP contribution in [0.15, 0.2) is 18.2 Å². The highest BCUT2D eigenvalue weighted by Crippen LogP contribution is 2.37. The zero-order valence-electron chi connectivity index (χ0n) is 14.6. The zero-order chi connectivity index (χ0) is 19.8. The van der Waals surface area contributed by atoms with Crippen molar-refractivity contribution in [2.24, 2.45) is 0 Å². The number of nitrogens with two attached hydrogens (primary N) is 1. The predicted octanol–water partition coefficient (Wildman–Crippen LogP) is 4.07. The third kappa shape index (κ3) is 3.38. The summed E-state index contributed by atoms with van der Waals surface area (Å²) in [5.74, 6) is -0.257. The van der Waals surface area contributed by atoms with Gasteiger partial charge < -0.3 is 10.5 Å². The van der Waals surface area contributed by atoms with Gasteiger partial charge >= 0.3 is 5.97 Å². The molecule has 0 spiro atoms. The molecule has 2 N–H and O–H groups in total. The van der Waals surface area contributed by atoms with Crippen molar-refractivity contribution in [2.45, 2.75) is 32.3 Å². The maximum atomic E-state index is 12.3. The molecule has 2 aromatic heterocycles. The molecule has 0 saturated heterocycles. The van der Waals surface area contributed by atoms with Crippen LogP contribution in [0.5, 0.6) is 0 Å². The van der Waals surface area contributed by atoms with Crippen LogP contribution in [0.3, 0.4) is 0 Å². The van der Waals surface area contributed by atoms with Gasteiger partial charge in [0.1, 0.15) is 16.2 Å². The highest BCUT2D eigenvalue weighted by Gasteiger charge is 2.23. The van der Waals surface area contributed by atoms with Crippen LogP contribution in [-0.4, -0.2) is 20.9 Å². The molecule has 0 fully saturated rings. The summed E-state index contributed by atoms with van der Waals surface area (Å²) in [6.45, 7) is -0.245. The number of hydrogen-bond acceptors (Lipinski definition) is 8. The van der Waals surface area contributed by atoms with Gasteiger partial charge in [0.15, 0.2) is 12.4 Å². The van der Waals surface area contributed by atoms with Crippen LogP contribution >= 0.6 is 22.9 Å². The van der Waals surface area contributed by atoms with Gasteiger partial charge in [-0.25, -0.2) is 14.8 Å². The molecule has 0 unspecified atom stereocenters. The van der Waals surface area contributed by atoms with E-state index in [0.717, 1.165) is 42.0 Å². The van der Waals surface area contributed by atoms with Crippen molar-refractivity contribution >= 4 is 50.6 Å². The van der Waals surface area contributed by atoms with E-state index >= 15 is 0 Å². The fourth-order valence-electron chi connectivity index (χ4n) is 3.33. The van der Waals surface area contributed by atoms with Gasteiger partial charge in [-0.15, -0.1) is 11.3 Å². The van der Waals surface area contributed by atoms with Gasteiger partial charge in [0.2, 0.25) is 0 Å². The zero-order valence-corrected chi connectivity index (χ0v) is 16.2. The largest absolute Gasteiger partial charge is 0.454 e. The fraction of sp³-hybridized carbons (Fsp3) is 0.278. The highest BCUT2D eigenvalue weighted by molar-refractivity contribution is 7.19. The number of aryl methyl sites for hydroxylation is 2. The summed E-state index contributed by atoms with van der Waals surface area (Å²) in [5, 5.41) is 12.2. The number of fused-ring (bicyclic) bond motifs is 3. The summed E-state index contributed by atoms with van der Waals surface area (Å²) < 4.78 is 5.19. The van der Waals surface area contributed by atoms with Crippen molar-refractivity contribution in [1.82, 2.24) is 9.97 Å². The van der Waals surface area contributed by atoms with Gasteiger partial charge in [-0.05, 0) is 43.4 Å². The molecule has 0 amide bonds. The number of benzene rings is 1. The molecule has 8 nitrogen and oxygen atoms in total. The van der Waals surface area contributed by atoms with E-state index in [-0.39, 0.29) is 28.7 Å². The number of nitro benzene ring substituents is 1. The average molecular weight is 419 g/mol. The minimum absolute atomic E-state index is 0.198. The maximum Gasteiger partial charge on any atom is 0.345 e. The monoisotopic (exact) mass is 418 g/mol. The first-order valence-electron chi connectivity index (χ1n) is 8.61. The number of halogens is 1. The molecule has 2 heterocycles. The van der Waals surface area contributed by atoms with Crippen molar-refractivity contribution in [3.05, 3.63) is 55.2 Å². The lowest BCUT2D eigenvalue weighted by molar-refractivity contribution is -0.385. The van der Waals surface area contributed by atoms with Crippen molar-refractivity contribution in [2.75, 3.05) is 5.73 Å². The van der Waals surface area contributed by atoms with E-state index in [2.05, 4.69) is 9.97 Å². The number of anilines is 1. The van der Waals surface area contributed by atoms with E-state index in [1.165, 1.54) is 22.6 Å². The third-order valence-corrected chi connectivity index (χ3v) is 6.02. The number of carbonyl (C=O) groups excluding carboxylic acids is 1. The lowest BCUT2D eigenvalue weighted by atomic mass is 9.97. The summed E-state index contributed by atoms with van der Waals surface area (Å²) in [7, 11) is 0. The van der Waals surface area contributed by atoms with Crippen molar-refractivity contribution < 1.29 is 14.5 Å². The number of rotatable bonds is 4. The third-order valence-electron chi connectivity index (χ3n) is 4.60. The minimum atomic E-state index is -0.873. The number of aromatic nitrogens is 2. The Balaban J connectivity index is 1.59. The predicted molar refractivity (Wildman–Crippen MR) is 106 cm³/mol. The Morgan fingerprint density at radius 3 is 2.89 bits per heavy atom. The number of esters is 1. The van der Waals surface area contributed by atoms with Crippen LogP contribution in [0, 0.1) is 10.1 Å². The van der Waals surface area contributed by atoms with Crippen molar-refractivity contribution in [3.8, 4) is 0 Å². The van der Waals surface area contributed by atoms with Gasteiger partial charge in [0.05, 0.1) is 10.3 Å². The molecule has 28 heavy (non-hydrogen) atoms. The molecule has 4 rings (SSSR count). The normalized spacial score (nSPS) is 13.3. The topological polar surface area (TPSA) is 121 Å². The number of nitrogens with zero attached hydrogens (tertiary/aromatic N) is 3. The molecule has 1 aliphatic rings. The molecule has 1 aliphatic carbocycles. The van der Waals surface area contributed by atoms with Crippen LogP contribution in [0.25, 0.3) is 10.2 Å². The average Bonchev–Trinajstić information content (AvgIpc) is 3.04. The maximum absolute atomic E-state index is 12.3. The second-order valence-corrected chi connectivity index (χ2v) is 7.93.